The van der Waals surface area contributed by atoms with E-state index in [-0.39, 0.29) is 24.3 Å². The van der Waals surface area contributed by atoms with Crippen LogP contribution in [0.5, 0.6) is 0 Å². The van der Waals surface area contributed by atoms with E-state index in [9.17, 15) is 19.5 Å². The van der Waals surface area contributed by atoms with Crippen molar-refractivity contribution in [2.75, 3.05) is 25.2 Å². The molecule has 3 atom stereocenters. The van der Waals surface area contributed by atoms with E-state index in [1.165, 1.54) is 0 Å². The number of ether oxygens (including phenoxy) is 1. The zero-order valence-corrected chi connectivity index (χ0v) is 20.7. The minimum Gasteiger partial charge on any atom is -0.481 e. The molecule has 2 aromatic carbocycles. The van der Waals surface area contributed by atoms with E-state index >= 15 is 0 Å². The molecule has 2 aliphatic rings. The molecule has 2 aromatic rings. The zero-order chi connectivity index (χ0) is 24.8. The number of hydrogen-bond acceptors (Lipinski definition) is 5. The molecule has 0 saturated heterocycles. The van der Waals surface area contributed by atoms with Crippen LogP contribution in [0.15, 0.2) is 48.5 Å². The smallest absolute Gasteiger partial charge is 0.407 e. The lowest BCUT2D eigenvalue weighted by atomic mass is 9.96. The molecule has 4 rings (SSSR count). The molecule has 0 spiro atoms. The molecule has 186 valence electrons. The highest BCUT2D eigenvalue weighted by molar-refractivity contribution is 7.98. The van der Waals surface area contributed by atoms with Crippen molar-refractivity contribution in [1.29, 1.82) is 0 Å². The van der Waals surface area contributed by atoms with Gasteiger partial charge in [-0.25, -0.2) is 4.79 Å². The Bertz CT molecular complexity index is 1030. The third kappa shape index (κ3) is 5.81. The number of alkyl carbamates (subject to hydrolysis) is 1. The fourth-order valence-electron chi connectivity index (χ4n) is 5.25. The van der Waals surface area contributed by atoms with Crippen LogP contribution in [0.4, 0.5) is 4.79 Å². The number of fused-ring (bicyclic) bond motifs is 3. The molecule has 8 heteroatoms. The first-order valence-corrected chi connectivity index (χ1v) is 13.5. The van der Waals surface area contributed by atoms with Gasteiger partial charge in [-0.1, -0.05) is 55.0 Å². The second-order valence-corrected chi connectivity index (χ2v) is 10.2. The largest absolute Gasteiger partial charge is 0.481 e. The van der Waals surface area contributed by atoms with Crippen molar-refractivity contribution in [2.45, 2.75) is 37.6 Å². The lowest BCUT2D eigenvalue weighted by Gasteiger charge is -2.21. The van der Waals surface area contributed by atoms with Crippen molar-refractivity contribution >= 4 is 29.7 Å². The third-order valence-corrected chi connectivity index (χ3v) is 7.72. The maximum Gasteiger partial charge on any atom is 0.407 e. The number of thioether (sulfide) groups is 1. The molecule has 2 unspecified atom stereocenters. The van der Waals surface area contributed by atoms with Gasteiger partial charge in [0.25, 0.3) is 0 Å². The van der Waals surface area contributed by atoms with Gasteiger partial charge >= 0.3 is 12.1 Å². The van der Waals surface area contributed by atoms with E-state index in [1.807, 2.05) is 30.5 Å². The summed E-state index contributed by atoms with van der Waals surface area (Å²) in [6, 6.07) is 15.5. The maximum absolute atomic E-state index is 12.9. The summed E-state index contributed by atoms with van der Waals surface area (Å²) >= 11 is 1.59. The molecular weight excluding hydrogens is 464 g/mol. The molecule has 35 heavy (non-hydrogen) atoms. The Hall–Kier alpha value is -3.00. The summed E-state index contributed by atoms with van der Waals surface area (Å²) in [5.74, 6) is -0.965. The number of rotatable bonds is 10. The van der Waals surface area contributed by atoms with Crippen molar-refractivity contribution in [2.24, 2.45) is 11.8 Å². The van der Waals surface area contributed by atoms with Gasteiger partial charge < -0.3 is 20.5 Å². The van der Waals surface area contributed by atoms with Crippen LogP contribution in [0.3, 0.4) is 0 Å². The number of carboxylic acid groups (broad SMARTS) is 1. The minimum atomic E-state index is -0.808. The van der Waals surface area contributed by atoms with Crippen molar-refractivity contribution in [3.8, 4) is 11.1 Å². The van der Waals surface area contributed by atoms with Crippen molar-refractivity contribution in [1.82, 2.24) is 10.6 Å². The molecule has 3 N–H and O–H groups in total. The molecule has 7 nitrogen and oxygen atoms in total. The molecule has 2 aliphatic carbocycles. The number of aliphatic carboxylic acids is 1. The predicted octanol–water partition coefficient (Wildman–Crippen LogP) is 4.26. The van der Waals surface area contributed by atoms with Crippen molar-refractivity contribution in [3.05, 3.63) is 59.7 Å². The third-order valence-electron chi connectivity index (χ3n) is 7.08. The minimum absolute atomic E-state index is 0.0538. The van der Waals surface area contributed by atoms with Crippen LogP contribution < -0.4 is 10.6 Å². The van der Waals surface area contributed by atoms with Gasteiger partial charge in [0, 0.05) is 12.5 Å². The summed E-state index contributed by atoms with van der Waals surface area (Å²) in [5, 5.41) is 15.0. The zero-order valence-electron chi connectivity index (χ0n) is 19.9. The summed E-state index contributed by atoms with van der Waals surface area (Å²) in [6.45, 7) is 0.483. The van der Waals surface area contributed by atoms with Gasteiger partial charge in [0.1, 0.15) is 12.6 Å². The first-order chi connectivity index (χ1) is 17.0. The van der Waals surface area contributed by atoms with E-state index in [4.69, 9.17) is 4.74 Å². The SMILES string of the molecule is CSCC[C@H](NC(=O)OCC1c2ccccc2-c2ccccc21)C(=O)NCC1CCCC1C(=O)O. The standard InChI is InChI=1S/C27H32N2O5S/c1-35-14-13-24(25(30)28-15-17-7-6-12-18(17)26(31)32)29-27(33)34-16-23-21-10-4-2-8-19(21)20-9-3-5-11-22(20)23/h2-5,8-11,17-18,23-24H,6-7,12-16H2,1H3,(H,28,30)(H,29,33)(H,31,32)/t17?,18?,24-/m0/s1. The fraction of sp³-hybridized carbons (Fsp3) is 0.444. The normalized spacial score (nSPS) is 19.5. The monoisotopic (exact) mass is 496 g/mol. The first kappa shape index (κ1) is 25.1. The molecule has 1 fully saturated rings. The van der Waals surface area contributed by atoms with Crippen LogP contribution in [0.1, 0.15) is 42.7 Å². The maximum atomic E-state index is 12.9. The number of carboxylic acids is 1. The fourth-order valence-corrected chi connectivity index (χ4v) is 5.72. The Morgan fingerprint density at radius 3 is 2.34 bits per heavy atom. The molecular formula is C27H32N2O5S. The lowest BCUT2D eigenvalue weighted by Crippen LogP contribution is -2.48. The Morgan fingerprint density at radius 2 is 1.71 bits per heavy atom. The van der Waals surface area contributed by atoms with Gasteiger partial charge in [-0.15, -0.1) is 0 Å². The quantitative estimate of drug-likeness (QED) is 0.454. The van der Waals surface area contributed by atoms with E-state index in [0.29, 0.717) is 25.1 Å². The van der Waals surface area contributed by atoms with E-state index in [0.717, 1.165) is 35.1 Å². The second-order valence-electron chi connectivity index (χ2n) is 9.18. The first-order valence-electron chi connectivity index (χ1n) is 12.1. The topological polar surface area (TPSA) is 105 Å². The number of hydrogen-bond donors (Lipinski definition) is 3. The Kier molecular flexibility index (Phi) is 8.33. The molecule has 2 amide bonds. The highest BCUT2D eigenvalue weighted by atomic mass is 32.2. The van der Waals surface area contributed by atoms with E-state index < -0.39 is 24.0 Å². The molecule has 0 radical (unpaired) electrons. The van der Waals surface area contributed by atoms with Crippen LogP contribution >= 0.6 is 11.8 Å². The Labute approximate surface area is 210 Å². The van der Waals surface area contributed by atoms with E-state index in [2.05, 4.69) is 34.9 Å². The predicted molar refractivity (Wildman–Crippen MR) is 136 cm³/mol. The molecule has 0 heterocycles. The van der Waals surface area contributed by atoms with Gasteiger partial charge in [-0.3, -0.25) is 9.59 Å². The number of benzene rings is 2. The molecule has 0 aromatic heterocycles. The highest BCUT2D eigenvalue weighted by Gasteiger charge is 2.34. The number of carbonyl (C=O) groups excluding carboxylic acids is 2. The number of carbonyl (C=O) groups is 3. The molecule has 1 saturated carbocycles. The van der Waals surface area contributed by atoms with Gasteiger partial charge in [0.15, 0.2) is 0 Å². The van der Waals surface area contributed by atoms with Crippen LogP contribution in [0.2, 0.25) is 0 Å². The summed E-state index contributed by atoms with van der Waals surface area (Å²) in [7, 11) is 0. The lowest BCUT2D eigenvalue weighted by molar-refractivity contribution is -0.143. The van der Waals surface area contributed by atoms with Crippen LogP contribution in [0.25, 0.3) is 11.1 Å². The average Bonchev–Trinajstić information content (AvgIpc) is 3.47. The van der Waals surface area contributed by atoms with Gasteiger partial charge in [0.05, 0.1) is 5.92 Å². The number of nitrogens with one attached hydrogen (secondary N) is 2. The van der Waals surface area contributed by atoms with Crippen LogP contribution in [-0.4, -0.2) is 54.3 Å². The summed E-state index contributed by atoms with van der Waals surface area (Å²) in [4.78, 5) is 37.0. The summed E-state index contributed by atoms with van der Waals surface area (Å²) in [5.41, 5.74) is 4.56. The van der Waals surface area contributed by atoms with Crippen molar-refractivity contribution in [3.63, 3.8) is 0 Å². The summed E-state index contributed by atoms with van der Waals surface area (Å²) < 4.78 is 5.61. The van der Waals surface area contributed by atoms with Crippen molar-refractivity contribution < 1.29 is 24.2 Å². The Morgan fingerprint density at radius 1 is 1.06 bits per heavy atom. The number of amides is 2. The van der Waals surface area contributed by atoms with Gasteiger partial charge in [-0.05, 0) is 59.4 Å². The van der Waals surface area contributed by atoms with E-state index in [1.54, 1.807) is 11.8 Å². The van der Waals surface area contributed by atoms with Crippen LogP contribution in [0, 0.1) is 11.8 Å². The second kappa shape index (κ2) is 11.6. The summed E-state index contributed by atoms with van der Waals surface area (Å²) in [6.07, 6.45) is 4.06. The Balaban J connectivity index is 1.35. The van der Waals surface area contributed by atoms with Crippen LogP contribution in [-0.2, 0) is 14.3 Å². The van der Waals surface area contributed by atoms with Gasteiger partial charge in [0.2, 0.25) is 5.91 Å². The molecule has 0 aliphatic heterocycles. The van der Waals surface area contributed by atoms with Gasteiger partial charge in [-0.2, -0.15) is 11.8 Å². The average molecular weight is 497 g/mol. The highest BCUT2D eigenvalue weighted by Crippen LogP contribution is 2.44. The molecule has 0 bridgehead atoms.